The standard InChI is InChI=1S/C27H26N8O2/c1-16-8-17(4-7-24(16)37-26-12-25-29-14-32-35(25)15-31-26)34-27-22-11-20(5-6-23(22)28-13-30-27)36-21-9-18-2-3-19(10-21)33-18/h4-8,11-15,18-19,21,33H,2-3,9-10H2,1H3,(H,28,30,34). The fourth-order valence-electron chi connectivity index (χ4n) is 5.36. The van der Waals surface area contributed by atoms with E-state index in [0.29, 0.717) is 29.4 Å². The van der Waals surface area contributed by atoms with E-state index in [1.807, 2.05) is 43.3 Å². The maximum absolute atomic E-state index is 6.41. The van der Waals surface area contributed by atoms with Gasteiger partial charge in [0.25, 0.3) is 0 Å². The van der Waals surface area contributed by atoms with E-state index >= 15 is 0 Å². The van der Waals surface area contributed by atoms with Crippen molar-refractivity contribution in [3.05, 3.63) is 67.0 Å². The largest absolute Gasteiger partial charge is 0.490 e. The quantitative estimate of drug-likeness (QED) is 0.350. The summed E-state index contributed by atoms with van der Waals surface area (Å²) in [7, 11) is 0. The van der Waals surface area contributed by atoms with Gasteiger partial charge in [-0.15, -0.1) is 0 Å². The second kappa shape index (κ2) is 8.97. The number of piperidine rings is 1. The van der Waals surface area contributed by atoms with Gasteiger partial charge in [0.2, 0.25) is 5.88 Å². The number of aromatic nitrogens is 6. The molecular formula is C27H26N8O2. The van der Waals surface area contributed by atoms with Crippen molar-refractivity contribution in [3.63, 3.8) is 0 Å². The summed E-state index contributed by atoms with van der Waals surface area (Å²) in [6.07, 6.45) is 9.50. The number of benzene rings is 2. The molecule has 10 nitrogen and oxygen atoms in total. The fraction of sp³-hybridized carbons (Fsp3) is 0.296. The van der Waals surface area contributed by atoms with Crippen LogP contribution in [0.15, 0.2) is 61.4 Å². The maximum atomic E-state index is 6.41. The molecule has 10 heteroatoms. The zero-order valence-electron chi connectivity index (χ0n) is 20.3. The fourth-order valence-corrected chi connectivity index (χ4v) is 5.36. The highest BCUT2D eigenvalue weighted by molar-refractivity contribution is 5.91. The average Bonchev–Trinajstić information content (AvgIpc) is 3.51. The molecule has 7 rings (SSSR count). The van der Waals surface area contributed by atoms with Crippen LogP contribution in [0.4, 0.5) is 11.5 Å². The minimum atomic E-state index is 0.243. The number of hydrogen-bond acceptors (Lipinski definition) is 9. The molecule has 0 saturated carbocycles. The number of nitrogens with zero attached hydrogens (tertiary/aromatic N) is 6. The Morgan fingerprint density at radius 2 is 1.84 bits per heavy atom. The van der Waals surface area contributed by atoms with E-state index in [-0.39, 0.29) is 6.10 Å². The van der Waals surface area contributed by atoms with Gasteiger partial charge in [-0.25, -0.2) is 24.5 Å². The van der Waals surface area contributed by atoms with Gasteiger partial charge >= 0.3 is 0 Å². The summed E-state index contributed by atoms with van der Waals surface area (Å²) in [5, 5.41) is 12.1. The van der Waals surface area contributed by atoms with Gasteiger partial charge in [0.1, 0.15) is 42.4 Å². The van der Waals surface area contributed by atoms with E-state index in [0.717, 1.165) is 46.6 Å². The molecule has 2 aromatic carbocycles. The Balaban J connectivity index is 1.10. The zero-order valence-corrected chi connectivity index (χ0v) is 20.3. The van der Waals surface area contributed by atoms with Gasteiger partial charge in [-0.05, 0) is 74.6 Å². The average molecular weight is 495 g/mol. The molecule has 2 aliphatic heterocycles. The minimum absolute atomic E-state index is 0.243. The van der Waals surface area contributed by atoms with Crippen LogP contribution < -0.4 is 20.1 Å². The van der Waals surface area contributed by atoms with Gasteiger partial charge in [-0.2, -0.15) is 5.10 Å². The van der Waals surface area contributed by atoms with Gasteiger partial charge < -0.3 is 20.1 Å². The summed E-state index contributed by atoms with van der Waals surface area (Å²) in [4.78, 5) is 17.4. The van der Waals surface area contributed by atoms with E-state index < -0.39 is 0 Å². The Hall–Kier alpha value is -4.31. The summed E-state index contributed by atoms with van der Waals surface area (Å²) in [5.41, 5.74) is 3.39. The topological polar surface area (TPSA) is 111 Å². The lowest BCUT2D eigenvalue weighted by Gasteiger charge is -2.29. The normalized spacial score (nSPS) is 20.8. The van der Waals surface area contributed by atoms with Gasteiger partial charge in [0.05, 0.1) is 5.52 Å². The third kappa shape index (κ3) is 4.40. The highest BCUT2D eigenvalue weighted by Crippen LogP contribution is 2.33. The summed E-state index contributed by atoms with van der Waals surface area (Å²) in [6, 6.07) is 14.8. The first-order valence-corrected chi connectivity index (χ1v) is 12.5. The monoisotopic (exact) mass is 494 g/mol. The van der Waals surface area contributed by atoms with E-state index in [4.69, 9.17) is 9.47 Å². The van der Waals surface area contributed by atoms with Crippen LogP contribution >= 0.6 is 0 Å². The molecule has 0 radical (unpaired) electrons. The highest BCUT2D eigenvalue weighted by Gasteiger charge is 2.34. The van der Waals surface area contributed by atoms with Crippen LogP contribution in [0, 0.1) is 6.92 Å². The Kier molecular flexibility index (Phi) is 5.32. The first kappa shape index (κ1) is 21.9. The second-order valence-electron chi connectivity index (χ2n) is 9.75. The molecule has 37 heavy (non-hydrogen) atoms. The van der Waals surface area contributed by atoms with Crippen LogP contribution in [-0.4, -0.2) is 47.7 Å². The van der Waals surface area contributed by atoms with Crippen molar-refractivity contribution < 1.29 is 9.47 Å². The summed E-state index contributed by atoms with van der Waals surface area (Å²) in [5.74, 6) is 2.75. The molecule has 3 aromatic heterocycles. The van der Waals surface area contributed by atoms with Crippen LogP contribution in [0.5, 0.6) is 17.4 Å². The summed E-state index contributed by atoms with van der Waals surface area (Å²) < 4.78 is 14.0. The predicted molar refractivity (Wildman–Crippen MR) is 138 cm³/mol. The molecule has 0 aliphatic carbocycles. The molecule has 2 bridgehead atoms. The van der Waals surface area contributed by atoms with Crippen LogP contribution in [-0.2, 0) is 0 Å². The third-order valence-electron chi connectivity index (χ3n) is 7.14. The maximum Gasteiger partial charge on any atom is 0.224 e. The highest BCUT2D eigenvalue weighted by atomic mass is 16.5. The number of fused-ring (bicyclic) bond motifs is 4. The lowest BCUT2D eigenvalue weighted by molar-refractivity contribution is 0.137. The Bertz CT molecular complexity index is 1590. The SMILES string of the molecule is Cc1cc(Nc2ncnc3ccc(OC4CC5CCC(C4)N5)cc23)ccc1Oc1cc2ncnn2cn1. The summed E-state index contributed by atoms with van der Waals surface area (Å²) >= 11 is 0. The molecule has 0 spiro atoms. The minimum Gasteiger partial charge on any atom is -0.490 e. The number of ether oxygens (including phenoxy) is 2. The first-order chi connectivity index (χ1) is 18.2. The molecule has 186 valence electrons. The molecule has 2 unspecified atom stereocenters. The number of aryl methyl sites for hydroxylation is 1. The molecule has 0 amide bonds. The van der Waals surface area contributed by atoms with E-state index in [9.17, 15) is 0 Å². The van der Waals surface area contributed by atoms with Crippen molar-refractivity contribution in [1.29, 1.82) is 0 Å². The zero-order chi connectivity index (χ0) is 24.8. The smallest absolute Gasteiger partial charge is 0.224 e. The lowest BCUT2D eigenvalue weighted by atomic mass is 10.0. The lowest BCUT2D eigenvalue weighted by Crippen LogP contribution is -2.42. The number of hydrogen-bond donors (Lipinski definition) is 2. The Morgan fingerprint density at radius 1 is 0.946 bits per heavy atom. The molecule has 2 aliphatic rings. The van der Waals surface area contributed by atoms with Crippen LogP contribution in [0.25, 0.3) is 16.6 Å². The molecule has 5 heterocycles. The number of rotatable bonds is 6. The molecular weight excluding hydrogens is 468 g/mol. The molecule has 2 atom stereocenters. The molecule has 2 N–H and O–H groups in total. The van der Waals surface area contributed by atoms with E-state index in [1.165, 1.54) is 19.2 Å². The van der Waals surface area contributed by atoms with Crippen molar-refractivity contribution in [2.75, 3.05) is 5.32 Å². The van der Waals surface area contributed by atoms with E-state index in [1.54, 1.807) is 23.2 Å². The van der Waals surface area contributed by atoms with Crippen LogP contribution in [0.3, 0.4) is 0 Å². The van der Waals surface area contributed by atoms with Crippen molar-refractivity contribution in [3.8, 4) is 17.4 Å². The van der Waals surface area contributed by atoms with Gasteiger partial charge in [-0.3, -0.25) is 0 Å². The van der Waals surface area contributed by atoms with Gasteiger partial charge in [0, 0.05) is 29.2 Å². The van der Waals surface area contributed by atoms with Crippen LogP contribution in [0.1, 0.15) is 31.2 Å². The van der Waals surface area contributed by atoms with Crippen LogP contribution in [0.2, 0.25) is 0 Å². The van der Waals surface area contributed by atoms with Crippen molar-refractivity contribution in [2.24, 2.45) is 0 Å². The molecule has 2 fully saturated rings. The first-order valence-electron chi connectivity index (χ1n) is 12.5. The molecule has 5 aromatic rings. The predicted octanol–water partition coefficient (Wildman–Crippen LogP) is 4.57. The van der Waals surface area contributed by atoms with Gasteiger partial charge in [0.15, 0.2) is 5.65 Å². The van der Waals surface area contributed by atoms with Crippen molar-refractivity contribution in [2.45, 2.75) is 50.8 Å². The summed E-state index contributed by atoms with van der Waals surface area (Å²) in [6.45, 7) is 1.99. The number of nitrogens with one attached hydrogen (secondary N) is 2. The van der Waals surface area contributed by atoms with E-state index in [2.05, 4.69) is 35.7 Å². The molecule has 2 saturated heterocycles. The van der Waals surface area contributed by atoms with Gasteiger partial charge in [-0.1, -0.05) is 0 Å². The van der Waals surface area contributed by atoms with Crippen molar-refractivity contribution >= 4 is 28.1 Å². The third-order valence-corrected chi connectivity index (χ3v) is 7.14. The second-order valence-corrected chi connectivity index (χ2v) is 9.75. The Morgan fingerprint density at radius 3 is 2.70 bits per heavy atom. The number of anilines is 2. The van der Waals surface area contributed by atoms with Crippen molar-refractivity contribution in [1.82, 2.24) is 34.9 Å². The Labute approximate surface area is 213 Å².